The van der Waals surface area contributed by atoms with Crippen LogP contribution in [0.1, 0.15) is 30.0 Å². The minimum Gasteiger partial charge on any atom is -0.361 e. The van der Waals surface area contributed by atoms with Crippen LogP contribution in [0.3, 0.4) is 0 Å². The third-order valence-electron chi connectivity index (χ3n) is 4.59. The van der Waals surface area contributed by atoms with E-state index in [1.807, 2.05) is 4.90 Å². The van der Waals surface area contributed by atoms with Crippen LogP contribution in [0.15, 0.2) is 10.7 Å². The maximum absolute atomic E-state index is 12.6. The van der Waals surface area contributed by atoms with E-state index >= 15 is 0 Å². The molecule has 18 heavy (non-hydrogen) atoms. The SMILES string of the molecule is Cc1oncc1C(=O)N1CC2CNCC2C1(C)C. The molecule has 2 saturated heterocycles. The standard InChI is InChI=1S/C13H19N3O2/c1-8-10(5-15-18-8)12(17)16-7-9-4-14-6-11(9)13(16,2)3/h5,9,11,14H,4,6-7H2,1-3H3. The van der Waals surface area contributed by atoms with Crippen molar-refractivity contribution in [1.29, 1.82) is 0 Å². The van der Waals surface area contributed by atoms with Gasteiger partial charge in [-0.2, -0.15) is 0 Å². The lowest BCUT2D eigenvalue weighted by atomic mass is 9.84. The van der Waals surface area contributed by atoms with Crippen LogP contribution in [0.25, 0.3) is 0 Å². The molecule has 3 rings (SSSR count). The van der Waals surface area contributed by atoms with Crippen LogP contribution < -0.4 is 5.32 Å². The highest BCUT2D eigenvalue weighted by molar-refractivity contribution is 5.95. The molecule has 0 spiro atoms. The Bertz CT molecular complexity index is 480. The summed E-state index contributed by atoms with van der Waals surface area (Å²) in [6.45, 7) is 8.95. The molecule has 3 heterocycles. The first-order chi connectivity index (χ1) is 8.51. The van der Waals surface area contributed by atoms with Gasteiger partial charge in [0.15, 0.2) is 0 Å². The highest BCUT2D eigenvalue weighted by atomic mass is 16.5. The molecule has 2 fully saturated rings. The summed E-state index contributed by atoms with van der Waals surface area (Å²) in [6, 6.07) is 0. The van der Waals surface area contributed by atoms with Crippen LogP contribution in [0, 0.1) is 18.8 Å². The zero-order valence-electron chi connectivity index (χ0n) is 11.1. The predicted molar refractivity (Wildman–Crippen MR) is 66.2 cm³/mol. The summed E-state index contributed by atoms with van der Waals surface area (Å²) in [4.78, 5) is 14.6. The average molecular weight is 249 g/mol. The zero-order valence-corrected chi connectivity index (χ0v) is 11.1. The van der Waals surface area contributed by atoms with E-state index in [2.05, 4.69) is 24.3 Å². The molecule has 98 valence electrons. The molecular weight excluding hydrogens is 230 g/mol. The quantitative estimate of drug-likeness (QED) is 0.808. The number of fused-ring (bicyclic) bond motifs is 1. The Morgan fingerprint density at radius 2 is 2.33 bits per heavy atom. The van der Waals surface area contributed by atoms with E-state index < -0.39 is 0 Å². The first-order valence-corrected chi connectivity index (χ1v) is 6.45. The molecule has 2 atom stereocenters. The largest absolute Gasteiger partial charge is 0.361 e. The Balaban J connectivity index is 1.90. The van der Waals surface area contributed by atoms with Gasteiger partial charge in [-0.15, -0.1) is 0 Å². The van der Waals surface area contributed by atoms with Gasteiger partial charge in [0.05, 0.1) is 6.20 Å². The molecule has 5 heteroatoms. The lowest BCUT2D eigenvalue weighted by molar-refractivity contribution is 0.0601. The van der Waals surface area contributed by atoms with E-state index in [4.69, 9.17) is 4.52 Å². The number of aryl methyl sites for hydroxylation is 1. The molecule has 2 aliphatic heterocycles. The number of carbonyl (C=O) groups excluding carboxylic acids is 1. The smallest absolute Gasteiger partial charge is 0.259 e. The van der Waals surface area contributed by atoms with Crippen LogP contribution in [0.5, 0.6) is 0 Å². The monoisotopic (exact) mass is 249 g/mol. The van der Waals surface area contributed by atoms with E-state index in [0.717, 1.165) is 19.6 Å². The second-order valence-corrected chi connectivity index (χ2v) is 5.89. The molecule has 0 radical (unpaired) electrons. The Morgan fingerprint density at radius 1 is 1.56 bits per heavy atom. The minimum absolute atomic E-state index is 0.0492. The molecule has 0 saturated carbocycles. The topological polar surface area (TPSA) is 58.4 Å². The van der Waals surface area contributed by atoms with Crippen LogP contribution in [-0.2, 0) is 0 Å². The van der Waals surface area contributed by atoms with Gasteiger partial charge in [-0.05, 0) is 32.6 Å². The maximum Gasteiger partial charge on any atom is 0.259 e. The molecule has 5 nitrogen and oxygen atoms in total. The summed E-state index contributed by atoms with van der Waals surface area (Å²) < 4.78 is 5.00. The van der Waals surface area contributed by atoms with Crippen molar-refractivity contribution in [3.63, 3.8) is 0 Å². The normalized spacial score (nSPS) is 29.6. The minimum atomic E-state index is -0.102. The fraction of sp³-hybridized carbons (Fsp3) is 0.692. The Kier molecular flexibility index (Phi) is 2.48. The zero-order chi connectivity index (χ0) is 12.9. The van der Waals surface area contributed by atoms with Gasteiger partial charge in [-0.25, -0.2) is 0 Å². The van der Waals surface area contributed by atoms with Gasteiger partial charge in [-0.1, -0.05) is 5.16 Å². The van der Waals surface area contributed by atoms with Crippen molar-refractivity contribution in [3.05, 3.63) is 17.5 Å². The predicted octanol–water partition coefficient (Wildman–Crippen LogP) is 1.05. The lowest BCUT2D eigenvalue weighted by Crippen LogP contribution is -2.47. The molecule has 1 amide bonds. The van der Waals surface area contributed by atoms with Crippen LogP contribution in [0.4, 0.5) is 0 Å². The molecule has 1 aromatic rings. The number of likely N-dealkylation sites (tertiary alicyclic amines) is 1. The number of aromatic nitrogens is 1. The number of amides is 1. The van der Waals surface area contributed by atoms with E-state index in [1.54, 1.807) is 6.92 Å². The van der Waals surface area contributed by atoms with Crippen LogP contribution in [-0.4, -0.2) is 41.1 Å². The number of hydrogen-bond acceptors (Lipinski definition) is 4. The number of nitrogens with one attached hydrogen (secondary N) is 1. The first kappa shape index (κ1) is 11.7. The first-order valence-electron chi connectivity index (χ1n) is 6.45. The number of carbonyl (C=O) groups is 1. The third-order valence-corrected chi connectivity index (χ3v) is 4.59. The van der Waals surface area contributed by atoms with Crippen molar-refractivity contribution >= 4 is 5.91 Å². The molecular formula is C13H19N3O2. The average Bonchev–Trinajstić information content (AvgIpc) is 2.96. The molecule has 2 aliphatic rings. The van der Waals surface area contributed by atoms with Crippen LogP contribution >= 0.6 is 0 Å². The van der Waals surface area contributed by atoms with Gasteiger partial charge >= 0.3 is 0 Å². The molecule has 2 unspecified atom stereocenters. The third kappa shape index (κ3) is 1.50. The van der Waals surface area contributed by atoms with Crippen molar-refractivity contribution in [2.75, 3.05) is 19.6 Å². The summed E-state index contributed by atoms with van der Waals surface area (Å²) in [5.41, 5.74) is 0.491. The van der Waals surface area contributed by atoms with E-state index in [1.165, 1.54) is 6.20 Å². The summed E-state index contributed by atoms with van der Waals surface area (Å²) in [6.07, 6.45) is 1.53. The van der Waals surface area contributed by atoms with Gasteiger partial charge in [0.25, 0.3) is 5.91 Å². The van der Waals surface area contributed by atoms with Crippen molar-refractivity contribution in [3.8, 4) is 0 Å². The lowest BCUT2D eigenvalue weighted by Gasteiger charge is -2.35. The molecule has 0 aliphatic carbocycles. The van der Waals surface area contributed by atoms with E-state index in [9.17, 15) is 4.79 Å². The second-order valence-electron chi connectivity index (χ2n) is 5.89. The molecule has 0 bridgehead atoms. The fourth-order valence-electron chi connectivity index (χ4n) is 3.42. The van der Waals surface area contributed by atoms with Crippen LogP contribution in [0.2, 0.25) is 0 Å². The summed E-state index contributed by atoms with van der Waals surface area (Å²) >= 11 is 0. The highest BCUT2D eigenvalue weighted by Gasteiger charge is 2.51. The van der Waals surface area contributed by atoms with Gasteiger partial charge in [0.1, 0.15) is 11.3 Å². The molecule has 1 aromatic heterocycles. The van der Waals surface area contributed by atoms with Crippen molar-refractivity contribution < 1.29 is 9.32 Å². The number of nitrogens with zero attached hydrogens (tertiary/aromatic N) is 2. The summed E-state index contributed by atoms with van der Waals surface area (Å²) in [5, 5.41) is 7.12. The Hall–Kier alpha value is -1.36. The van der Waals surface area contributed by atoms with Crippen molar-refractivity contribution in [1.82, 2.24) is 15.4 Å². The molecule has 1 N–H and O–H groups in total. The Labute approximate surface area is 107 Å². The fourth-order valence-corrected chi connectivity index (χ4v) is 3.42. The van der Waals surface area contributed by atoms with Gasteiger partial charge in [0.2, 0.25) is 0 Å². The second kappa shape index (κ2) is 3.82. The van der Waals surface area contributed by atoms with Gasteiger partial charge < -0.3 is 14.7 Å². The van der Waals surface area contributed by atoms with E-state index in [-0.39, 0.29) is 11.4 Å². The van der Waals surface area contributed by atoms with E-state index in [0.29, 0.717) is 23.2 Å². The summed E-state index contributed by atoms with van der Waals surface area (Å²) in [5.74, 6) is 1.77. The van der Waals surface area contributed by atoms with Crippen molar-refractivity contribution in [2.45, 2.75) is 26.3 Å². The number of hydrogen-bond donors (Lipinski definition) is 1. The summed E-state index contributed by atoms with van der Waals surface area (Å²) in [7, 11) is 0. The Morgan fingerprint density at radius 3 is 2.94 bits per heavy atom. The van der Waals surface area contributed by atoms with Gasteiger partial charge in [-0.3, -0.25) is 4.79 Å². The van der Waals surface area contributed by atoms with Gasteiger partial charge in [0, 0.05) is 25.2 Å². The highest BCUT2D eigenvalue weighted by Crippen LogP contribution is 2.41. The number of rotatable bonds is 1. The maximum atomic E-state index is 12.6. The molecule has 0 aromatic carbocycles. The van der Waals surface area contributed by atoms with Crippen molar-refractivity contribution in [2.24, 2.45) is 11.8 Å².